The predicted molar refractivity (Wildman–Crippen MR) is 49.0 cm³/mol. The molecule has 0 radical (unpaired) electrons. The lowest BCUT2D eigenvalue weighted by molar-refractivity contribution is -0.384. The Morgan fingerprint density at radius 1 is 1.38 bits per heavy atom. The van der Waals surface area contributed by atoms with Crippen molar-refractivity contribution in [2.75, 3.05) is 0 Å². The number of hydrogen-bond donors (Lipinski definition) is 1. The largest absolute Gasteiger partial charge is 0.392 e. The molecule has 1 aromatic rings. The fourth-order valence-electron chi connectivity index (χ4n) is 0.839. The van der Waals surface area contributed by atoms with Crippen molar-refractivity contribution in [3.8, 4) is 0 Å². The Bertz CT molecular complexity index is 354. The van der Waals surface area contributed by atoms with Crippen LogP contribution in [0.15, 0.2) is 12.1 Å². The van der Waals surface area contributed by atoms with Gasteiger partial charge in [0.25, 0.3) is 5.69 Å². The van der Waals surface area contributed by atoms with Gasteiger partial charge in [0.2, 0.25) is 0 Å². The lowest BCUT2D eigenvalue weighted by Gasteiger charge is -2.01. The van der Waals surface area contributed by atoms with Crippen molar-refractivity contribution in [3.63, 3.8) is 0 Å². The normalized spacial score (nSPS) is 10.1. The second-order valence-electron chi connectivity index (χ2n) is 2.31. The van der Waals surface area contributed by atoms with E-state index in [1.54, 1.807) is 0 Å². The third kappa shape index (κ3) is 2.09. The highest BCUT2D eigenvalue weighted by molar-refractivity contribution is 6.35. The van der Waals surface area contributed by atoms with Crippen LogP contribution in [0.5, 0.6) is 0 Å². The molecule has 0 amide bonds. The van der Waals surface area contributed by atoms with Crippen LogP contribution in [-0.4, -0.2) is 10.0 Å². The van der Waals surface area contributed by atoms with Gasteiger partial charge < -0.3 is 5.11 Å². The summed E-state index contributed by atoms with van der Waals surface area (Å²) in [6, 6.07) is 2.40. The molecule has 0 aromatic heterocycles. The molecule has 1 aromatic carbocycles. The third-order valence-electron chi connectivity index (χ3n) is 1.48. The highest BCUT2D eigenvalue weighted by Crippen LogP contribution is 2.30. The van der Waals surface area contributed by atoms with Crippen LogP contribution in [0.1, 0.15) is 5.56 Å². The predicted octanol–water partition coefficient (Wildman–Crippen LogP) is 2.39. The van der Waals surface area contributed by atoms with Gasteiger partial charge in [0.15, 0.2) is 0 Å². The Balaban J connectivity index is 3.28. The average molecular weight is 222 g/mol. The molecule has 0 saturated carbocycles. The van der Waals surface area contributed by atoms with E-state index < -0.39 is 4.92 Å². The van der Waals surface area contributed by atoms with Crippen LogP contribution >= 0.6 is 23.2 Å². The molecule has 1 N–H and O–H groups in total. The summed E-state index contributed by atoms with van der Waals surface area (Å²) in [6.45, 7) is -0.295. The van der Waals surface area contributed by atoms with Gasteiger partial charge in [-0.25, -0.2) is 0 Å². The number of nitro groups is 1. The van der Waals surface area contributed by atoms with Crippen molar-refractivity contribution in [2.24, 2.45) is 0 Å². The minimum Gasteiger partial charge on any atom is -0.392 e. The fourth-order valence-corrected chi connectivity index (χ4v) is 1.31. The first-order valence-corrected chi connectivity index (χ1v) is 4.05. The first-order valence-electron chi connectivity index (χ1n) is 3.29. The maximum Gasteiger partial charge on any atom is 0.289 e. The lowest BCUT2D eigenvalue weighted by Crippen LogP contribution is -1.92. The monoisotopic (exact) mass is 221 g/mol. The number of benzene rings is 1. The molecule has 0 bridgehead atoms. The van der Waals surface area contributed by atoms with Crippen molar-refractivity contribution >= 4 is 28.9 Å². The summed E-state index contributed by atoms with van der Waals surface area (Å²) in [4.78, 5) is 9.74. The number of halogens is 2. The number of hydrogen-bond acceptors (Lipinski definition) is 3. The van der Waals surface area contributed by atoms with Crippen LogP contribution in [0, 0.1) is 10.1 Å². The summed E-state index contributed by atoms with van der Waals surface area (Å²) in [5, 5.41) is 19.2. The Morgan fingerprint density at radius 2 is 2.00 bits per heavy atom. The van der Waals surface area contributed by atoms with Crippen LogP contribution in [0.2, 0.25) is 10.0 Å². The maximum atomic E-state index is 10.4. The van der Waals surface area contributed by atoms with Gasteiger partial charge in [-0.2, -0.15) is 0 Å². The molecular weight excluding hydrogens is 217 g/mol. The van der Waals surface area contributed by atoms with Crippen LogP contribution in [0.25, 0.3) is 0 Å². The van der Waals surface area contributed by atoms with Gasteiger partial charge in [0, 0.05) is 6.07 Å². The van der Waals surface area contributed by atoms with Gasteiger partial charge in [-0.15, -0.1) is 0 Å². The second-order valence-corrected chi connectivity index (χ2v) is 3.12. The molecule has 0 fully saturated rings. The number of aliphatic hydroxyl groups excluding tert-OH is 1. The average Bonchev–Trinajstić information content (AvgIpc) is 2.07. The SMILES string of the molecule is O=[N+]([O-])c1cc(Cl)c(CO)cc1Cl. The van der Waals surface area contributed by atoms with E-state index in [2.05, 4.69) is 0 Å². The number of rotatable bonds is 2. The molecule has 0 atom stereocenters. The number of nitrogens with zero attached hydrogens (tertiary/aromatic N) is 1. The molecule has 70 valence electrons. The van der Waals surface area contributed by atoms with E-state index in [-0.39, 0.29) is 22.3 Å². The van der Waals surface area contributed by atoms with Crippen molar-refractivity contribution in [1.29, 1.82) is 0 Å². The van der Waals surface area contributed by atoms with E-state index in [0.717, 1.165) is 6.07 Å². The maximum absolute atomic E-state index is 10.4. The summed E-state index contributed by atoms with van der Waals surface area (Å²) in [7, 11) is 0. The first-order chi connectivity index (χ1) is 6.06. The van der Waals surface area contributed by atoms with Crippen molar-refractivity contribution in [3.05, 3.63) is 37.9 Å². The minimum absolute atomic E-state index is 0.0292. The van der Waals surface area contributed by atoms with Crippen molar-refractivity contribution in [2.45, 2.75) is 6.61 Å². The fraction of sp³-hybridized carbons (Fsp3) is 0.143. The van der Waals surface area contributed by atoms with Gasteiger partial charge in [-0.05, 0) is 11.6 Å². The van der Waals surface area contributed by atoms with Crippen LogP contribution in [0.4, 0.5) is 5.69 Å². The van der Waals surface area contributed by atoms with Gasteiger partial charge >= 0.3 is 0 Å². The number of nitro benzene ring substituents is 1. The Kier molecular flexibility index (Phi) is 3.08. The van der Waals surface area contributed by atoms with Crippen LogP contribution in [0.3, 0.4) is 0 Å². The summed E-state index contributed by atoms with van der Waals surface area (Å²) in [5.41, 5.74) is 0.112. The molecule has 1 rings (SSSR count). The summed E-state index contributed by atoms with van der Waals surface area (Å²) < 4.78 is 0. The standard InChI is InChI=1S/C7H5Cl2NO3/c8-5-2-7(10(12)13)6(9)1-4(5)3-11/h1-2,11H,3H2. The molecule has 0 aliphatic carbocycles. The molecule has 0 aliphatic heterocycles. The van der Waals surface area contributed by atoms with Crippen LogP contribution in [-0.2, 0) is 6.61 Å². The Labute approximate surface area is 83.9 Å². The van der Waals surface area contributed by atoms with Crippen LogP contribution < -0.4 is 0 Å². The molecule has 4 nitrogen and oxygen atoms in total. The van der Waals surface area contributed by atoms with Crippen molar-refractivity contribution in [1.82, 2.24) is 0 Å². The van der Waals surface area contributed by atoms with E-state index in [4.69, 9.17) is 28.3 Å². The van der Waals surface area contributed by atoms with E-state index in [1.165, 1.54) is 6.07 Å². The van der Waals surface area contributed by atoms with Gasteiger partial charge in [-0.3, -0.25) is 10.1 Å². The zero-order valence-electron chi connectivity index (χ0n) is 6.33. The quantitative estimate of drug-likeness (QED) is 0.617. The van der Waals surface area contributed by atoms with E-state index in [9.17, 15) is 10.1 Å². The zero-order chi connectivity index (χ0) is 10.0. The highest BCUT2D eigenvalue weighted by Gasteiger charge is 2.15. The highest BCUT2D eigenvalue weighted by atomic mass is 35.5. The molecular formula is C7H5Cl2NO3. The second kappa shape index (κ2) is 3.91. The topological polar surface area (TPSA) is 63.4 Å². The van der Waals surface area contributed by atoms with E-state index >= 15 is 0 Å². The van der Waals surface area contributed by atoms with Crippen molar-refractivity contribution < 1.29 is 10.0 Å². The summed E-state index contributed by atoms with van der Waals surface area (Å²) in [6.07, 6.45) is 0. The smallest absolute Gasteiger partial charge is 0.289 e. The Morgan fingerprint density at radius 3 is 2.46 bits per heavy atom. The molecule has 0 saturated heterocycles. The van der Waals surface area contributed by atoms with Gasteiger partial charge in [0.1, 0.15) is 5.02 Å². The summed E-state index contributed by atoms with van der Waals surface area (Å²) in [5.74, 6) is 0. The Hall–Kier alpha value is -0.840. The van der Waals surface area contributed by atoms with Gasteiger partial charge in [0.05, 0.1) is 16.6 Å². The molecule has 13 heavy (non-hydrogen) atoms. The molecule has 0 aliphatic rings. The number of aliphatic hydroxyl groups is 1. The van der Waals surface area contributed by atoms with Gasteiger partial charge in [-0.1, -0.05) is 23.2 Å². The van der Waals surface area contributed by atoms with E-state index in [1.807, 2.05) is 0 Å². The third-order valence-corrected chi connectivity index (χ3v) is 2.14. The molecule has 6 heteroatoms. The zero-order valence-corrected chi connectivity index (χ0v) is 7.84. The van der Waals surface area contributed by atoms with E-state index in [0.29, 0.717) is 5.56 Å². The minimum atomic E-state index is -0.630. The molecule has 0 unspecified atom stereocenters. The lowest BCUT2D eigenvalue weighted by atomic mass is 10.2. The molecule has 0 heterocycles. The molecule has 0 spiro atoms. The summed E-state index contributed by atoms with van der Waals surface area (Å²) >= 11 is 11.2. The first kappa shape index (κ1) is 10.2.